The Morgan fingerprint density at radius 2 is 2.31 bits per heavy atom. The molecule has 0 radical (unpaired) electrons. The zero-order chi connectivity index (χ0) is 12.1. The number of hydrogen-bond donors (Lipinski definition) is 2. The molecule has 1 aromatic heterocycles. The molecule has 1 unspecified atom stereocenters. The predicted octanol–water partition coefficient (Wildman–Crippen LogP) is 0.836. The van der Waals surface area contributed by atoms with Gasteiger partial charge in [0.1, 0.15) is 5.76 Å². The molecule has 0 fully saturated rings. The van der Waals surface area contributed by atoms with Crippen molar-refractivity contribution in [3.63, 3.8) is 0 Å². The third-order valence-corrected chi connectivity index (χ3v) is 2.38. The molecule has 0 spiro atoms. The minimum Gasteiger partial charge on any atom is -0.444 e. The zero-order valence-corrected chi connectivity index (χ0v) is 9.99. The summed E-state index contributed by atoms with van der Waals surface area (Å²) in [5.41, 5.74) is 5.69. The second-order valence-corrected chi connectivity index (χ2v) is 4.06. The minimum atomic E-state index is -0.486. The van der Waals surface area contributed by atoms with Crippen molar-refractivity contribution in [3.8, 4) is 0 Å². The van der Waals surface area contributed by atoms with E-state index in [-0.39, 0.29) is 11.8 Å². The number of rotatable bonds is 5. The van der Waals surface area contributed by atoms with E-state index >= 15 is 0 Å². The lowest BCUT2D eigenvalue weighted by Crippen LogP contribution is -2.43. The number of aryl methyl sites for hydroxylation is 1. The Hall–Kier alpha value is -1.36. The van der Waals surface area contributed by atoms with Gasteiger partial charge in [-0.1, -0.05) is 20.8 Å². The van der Waals surface area contributed by atoms with Gasteiger partial charge in [-0.25, -0.2) is 4.98 Å². The van der Waals surface area contributed by atoms with Crippen LogP contribution in [0.4, 0.5) is 0 Å². The normalized spacial score (nSPS) is 12.8. The molecule has 0 aliphatic heterocycles. The third kappa shape index (κ3) is 3.34. The summed E-state index contributed by atoms with van der Waals surface area (Å²) in [4.78, 5) is 15.6. The first-order valence-corrected chi connectivity index (χ1v) is 5.51. The van der Waals surface area contributed by atoms with Crippen LogP contribution >= 0.6 is 0 Å². The molecule has 0 saturated heterocycles. The highest BCUT2D eigenvalue weighted by atomic mass is 16.4. The lowest BCUT2D eigenvalue weighted by atomic mass is 10.1. The summed E-state index contributed by atoms with van der Waals surface area (Å²) >= 11 is 0. The molecule has 1 aromatic rings. The van der Waals surface area contributed by atoms with Crippen molar-refractivity contribution in [2.45, 2.75) is 39.8 Å². The average molecular weight is 225 g/mol. The smallest absolute Gasteiger partial charge is 0.237 e. The Balaban J connectivity index is 2.42. The standard InChI is InChI=1S/C11H19N3O2/c1-4-8-5-13-9(16-8)6-14-11(15)10(12)7(2)3/h5,7,10H,4,6,12H2,1-3H3,(H,14,15). The number of nitrogens with two attached hydrogens (primary N) is 1. The summed E-state index contributed by atoms with van der Waals surface area (Å²) in [7, 11) is 0. The van der Waals surface area contributed by atoms with Gasteiger partial charge in [0.25, 0.3) is 0 Å². The highest BCUT2D eigenvalue weighted by Crippen LogP contribution is 2.04. The molecule has 0 bridgehead atoms. The average Bonchev–Trinajstić information content (AvgIpc) is 2.72. The van der Waals surface area contributed by atoms with Gasteiger partial charge in [-0.3, -0.25) is 4.79 Å². The zero-order valence-electron chi connectivity index (χ0n) is 9.99. The Morgan fingerprint density at radius 1 is 1.62 bits per heavy atom. The van der Waals surface area contributed by atoms with Crippen LogP contribution < -0.4 is 11.1 Å². The molecule has 0 aliphatic rings. The first kappa shape index (κ1) is 12.7. The third-order valence-electron chi connectivity index (χ3n) is 2.38. The first-order valence-electron chi connectivity index (χ1n) is 5.51. The molecule has 1 amide bonds. The maximum Gasteiger partial charge on any atom is 0.237 e. The fourth-order valence-electron chi connectivity index (χ4n) is 1.18. The number of nitrogens with zero attached hydrogens (tertiary/aromatic N) is 1. The van der Waals surface area contributed by atoms with Crippen molar-refractivity contribution in [2.75, 3.05) is 0 Å². The maximum absolute atomic E-state index is 11.5. The van der Waals surface area contributed by atoms with Crippen LogP contribution in [0, 0.1) is 5.92 Å². The van der Waals surface area contributed by atoms with Crippen LogP contribution in [-0.4, -0.2) is 16.9 Å². The largest absolute Gasteiger partial charge is 0.444 e. The molecule has 5 nitrogen and oxygen atoms in total. The molecule has 0 saturated carbocycles. The summed E-state index contributed by atoms with van der Waals surface area (Å²) in [6, 6.07) is -0.486. The second kappa shape index (κ2) is 5.65. The molecule has 0 aliphatic carbocycles. The quantitative estimate of drug-likeness (QED) is 0.778. The van der Waals surface area contributed by atoms with Crippen molar-refractivity contribution in [1.82, 2.24) is 10.3 Å². The van der Waals surface area contributed by atoms with Crippen LogP contribution in [0.1, 0.15) is 32.4 Å². The maximum atomic E-state index is 11.5. The van der Waals surface area contributed by atoms with Crippen LogP contribution in [0.25, 0.3) is 0 Å². The van der Waals surface area contributed by atoms with E-state index in [0.29, 0.717) is 12.4 Å². The van der Waals surface area contributed by atoms with Gasteiger partial charge < -0.3 is 15.5 Å². The molecule has 1 rings (SSSR count). The molecule has 5 heteroatoms. The summed E-state index contributed by atoms with van der Waals surface area (Å²) < 4.78 is 5.36. The summed E-state index contributed by atoms with van der Waals surface area (Å²) in [5.74, 6) is 1.28. The van der Waals surface area contributed by atoms with Gasteiger partial charge in [-0.05, 0) is 5.92 Å². The van der Waals surface area contributed by atoms with Crippen LogP contribution in [-0.2, 0) is 17.8 Å². The van der Waals surface area contributed by atoms with E-state index in [2.05, 4.69) is 10.3 Å². The molecular formula is C11H19N3O2. The monoisotopic (exact) mass is 225 g/mol. The SMILES string of the molecule is CCc1cnc(CNC(=O)C(N)C(C)C)o1. The Bertz CT molecular complexity index is 347. The van der Waals surface area contributed by atoms with Gasteiger partial charge >= 0.3 is 0 Å². The molecular weight excluding hydrogens is 206 g/mol. The van der Waals surface area contributed by atoms with Gasteiger partial charge in [0.15, 0.2) is 0 Å². The van der Waals surface area contributed by atoms with Gasteiger partial charge in [0.2, 0.25) is 11.8 Å². The van der Waals surface area contributed by atoms with Crippen LogP contribution in [0.3, 0.4) is 0 Å². The van der Waals surface area contributed by atoms with Gasteiger partial charge in [0, 0.05) is 6.42 Å². The first-order chi connectivity index (χ1) is 7.54. The number of oxazole rings is 1. The van der Waals surface area contributed by atoms with Crippen molar-refractivity contribution in [3.05, 3.63) is 17.8 Å². The van der Waals surface area contributed by atoms with E-state index < -0.39 is 6.04 Å². The Kier molecular flexibility index (Phi) is 4.49. The van der Waals surface area contributed by atoms with E-state index in [0.717, 1.165) is 12.2 Å². The van der Waals surface area contributed by atoms with E-state index in [1.807, 2.05) is 20.8 Å². The lowest BCUT2D eigenvalue weighted by Gasteiger charge is -2.14. The summed E-state index contributed by atoms with van der Waals surface area (Å²) in [5, 5.41) is 2.70. The van der Waals surface area contributed by atoms with E-state index in [4.69, 9.17) is 10.2 Å². The minimum absolute atomic E-state index is 0.121. The molecule has 1 atom stereocenters. The number of carbonyl (C=O) groups is 1. The van der Waals surface area contributed by atoms with Gasteiger partial charge in [0.05, 0.1) is 18.8 Å². The molecule has 0 aromatic carbocycles. The Labute approximate surface area is 95.4 Å². The molecule has 16 heavy (non-hydrogen) atoms. The van der Waals surface area contributed by atoms with Crippen molar-refractivity contribution < 1.29 is 9.21 Å². The predicted molar refractivity (Wildman–Crippen MR) is 60.5 cm³/mol. The number of hydrogen-bond acceptors (Lipinski definition) is 4. The second-order valence-electron chi connectivity index (χ2n) is 4.06. The summed E-state index contributed by atoms with van der Waals surface area (Å²) in [6.07, 6.45) is 2.47. The number of carbonyl (C=O) groups excluding carboxylic acids is 1. The number of nitrogens with one attached hydrogen (secondary N) is 1. The molecule has 1 heterocycles. The number of amides is 1. The van der Waals surface area contributed by atoms with Crippen molar-refractivity contribution >= 4 is 5.91 Å². The highest BCUT2D eigenvalue weighted by Gasteiger charge is 2.17. The van der Waals surface area contributed by atoms with E-state index in [9.17, 15) is 4.79 Å². The molecule has 90 valence electrons. The highest BCUT2D eigenvalue weighted by molar-refractivity contribution is 5.81. The lowest BCUT2D eigenvalue weighted by molar-refractivity contribution is -0.123. The fourth-order valence-corrected chi connectivity index (χ4v) is 1.18. The van der Waals surface area contributed by atoms with Gasteiger partial charge in [-0.2, -0.15) is 0 Å². The summed E-state index contributed by atoms with van der Waals surface area (Å²) in [6.45, 7) is 6.09. The topological polar surface area (TPSA) is 81.2 Å². The van der Waals surface area contributed by atoms with Crippen molar-refractivity contribution in [2.24, 2.45) is 11.7 Å². The van der Waals surface area contributed by atoms with E-state index in [1.165, 1.54) is 0 Å². The van der Waals surface area contributed by atoms with E-state index in [1.54, 1.807) is 6.20 Å². The van der Waals surface area contributed by atoms with Crippen LogP contribution in [0.5, 0.6) is 0 Å². The van der Waals surface area contributed by atoms with Crippen molar-refractivity contribution in [1.29, 1.82) is 0 Å². The fraction of sp³-hybridized carbons (Fsp3) is 0.636. The number of aromatic nitrogens is 1. The Morgan fingerprint density at radius 3 is 2.81 bits per heavy atom. The van der Waals surface area contributed by atoms with Crippen LogP contribution in [0.15, 0.2) is 10.6 Å². The van der Waals surface area contributed by atoms with Crippen LogP contribution in [0.2, 0.25) is 0 Å². The van der Waals surface area contributed by atoms with Gasteiger partial charge in [-0.15, -0.1) is 0 Å². The molecule has 3 N–H and O–H groups in total.